The van der Waals surface area contributed by atoms with Gasteiger partial charge in [0, 0.05) is 19.2 Å². The second-order valence-electron chi connectivity index (χ2n) is 5.28. The standard InChI is InChI=1S/C14H14ClF3N4O/c1-2-11-20-12(21-23-11)10-4-3-5-22(10)13-9(15)6-8(7-19-13)14(16,17)18/h6-7,10H,2-5H2,1H3/t10-/m0/s1. The highest BCUT2D eigenvalue weighted by molar-refractivity contribution is 6.33. The van der Waals surface area contributed by atoms with Crippen LogP contribution in [0.3, 0.4) is 0 Å². The monoisotopic (exact) mass is 346 g/mol. The first-order chi connectivity index (χ1) is 10.9. The third-order valence-corrected chi connectivity index (χ3v) is 4.04. The molecule has 1 aliphatic heterocycles. The van der Waals surface area contributed by atoms with Crippen molar-refractivity contribution in [2.24, 2.45) is 0 Å². The molecule has 0 saturated carbocycles. The predicted molar refractivity (Wildman–Crippen MR) is 77.2 cm³/mol. The molecule has 0 radical (unpaired) electrons. The van der Waals surface area contributed by atoms with E-state index in [9.17, 15) is 13.2 Å². The molecule has 1 saturated heterocycles. The largest absolute Gasteiger partial charge is 0.417 e. The van der Waals surface area contributed by atoms with Crippen LogP contribution >= 0.6 is 11.6 Å². The topological polar surface area (TPSA) is 55.1 Å². The zero-order valence-corrected chi connectivity index (χ0v) is 13.0. The van der Waals surface area contributed by atoms with Crippen molar-refractivity contribution in [2.75, 3.05) is 11.4 Å². The normalized spacial score (nSPS) is 18.7. The number of halogens is 4. The second kappa shape index (κ2) is 5.99. The average molecular weight is 347 g/mol. The Kier molecular flexibility index (Phi) is 4.18. The summed E-state index contributed by atoms with van der Waals surface area (Å²) in [6, 6.07) is 0.702. The molecule has 0 bridgehead atoms. The van der Waals surface area contributed by atoms with E-state index in [2.05, 4.69) is 15.1 Å². The van der Waals surface area contributed by atoms with Crippen LogP contribution in [-0.2, 0) is 12.6 Å². The van der Waals surface area contributed by atoms with Gasteiger partial charge in [0.1, 0.15) is 5.82 Å². The van der Waals surface area contributed by atoms with Crippen LogP contribution in [0.1, 0.15) is 43.1 Å². The van der Waals surface area contributed by atoms with Gasteiger partial charge in [-0.25, -0.2) is 4.98 Å². The molecule has 3 rings (SSSR count). The summed E-state index contributed by atoms with van der Waals surface area (Å²) in [6.07, 6.45) is -1.44. The number of hydrogen-bond acceptors (Lipinski definition) is 5. The summed E-state index contributed by atoms with van der Waals surface area (Å²) in [7, 11) is 0. The molecule has 1 fully saturated rings. The number of hydrogen-bond donors (Lipinski definition) is 0. The Bertz CT molecular complexity index is 704. The SMILES string of the molecule is CCc1nc([C@@H]2CCCN2c2ncc(C(F)(F)F)cc2Cl)no1. The van der Waals surface area contributed by atoms with Crippen LogP contribution in [0, 0.1) is 0 Å². The molecule has 124 valence electrons. The Morgan fingerprint density at radius 2 is 2.22 bits per heavy atom. The number of alkyl halides is 3. The van der Waals surface area contributed by atoms with Crippen molar-refractivity contribution < 1.29 is 17.7 Å². The van der Waals surface area contributed by atoms with Crippen LogP contribution in [0.5, 0.6) is 0 Å². The Morgan fingerprint density at radius 3 is 2.83 bits per heavy atom. The Balaban J connectivity index is 1.91. The van der Waals surface area contributed by atoms with Gasteiger partial charge < -0.3 is 9.42 Å². The van der Waals surface area contributed by atoms with Crippen LogP contribution in [0.2, 0.25) is 5.02 Å². The maximum atomic E-state index is 12.7. The molecule has 0 spiro atoms. The first kappa shape index (κ1) is 16.0. The highest BCUT2D eigenvalue weighted by Crippen LogP contribution is 2.39. The molecule has 0 amide bonds. The Hall–Kier alpha value is -1.83. The molecule has 2 aromatic heterocycles. The summed E-state index contributed by atoms with van der Waals surface area (Å²) >= 11 is 6.03. The van der Waals surface area contributed by atoms with Gasteiger partial charge in [0.2, 0.25) is 5.89 Å². The molecule has 5 nitrogen and oxygen atoms in total. The molecular formula is C14H14ClF3N4O. The number of aromatic nitrogens is 3. The van der Waals surface area contributed by atoms with Crippen LogP contribution < -0.4 is 4.90 Å². The van der Waals surface area contributed by atoms with Gasteiger partial charge in [-0.05, 0) is 18.9 Å². The molecule has 23 heavy (non-hydrogen) atoms. The fraction of sp³-hybridized carbons (Fsp3) is 0.500. The summed E-state index contributed by atoms with van der Waals surface area (Å²) in [5.74, 6) is 1.35. The number of aryl methyl sites for hydroxylation is 1. The first-order valence-corrected chi connectivity index (χ1v) is 7.59. The lowest BCUT2D eigenvalue weighted by molar-refractivity contribution is -0.137. The van der Waals surface area contributed by atoms with Crippen LogP contribution in [0.15, 0.2) is 16.8 Å². The van der Waals surface area contributed by atoms with Gasteiger partial charge >= 0.3 is 6.18 Å². The van der Waals surface area contributed by atoms with Crippen molar-refractivity contribution in [1.29, 1.82) is 0 Å². The third-order valence-electron chi connectivity index (χ3n) is 3.76. The van der Waals surface area contributed by atoms with Gasteiger partial charge in [-0.1, -0.05) is 23.7 Å². The van der Waals surface area contributed by atoms with Crippen LogP contribution in [-0.4, -0.2) is 21.7 Å². The minimum Gasteiger partial charge on any atom is -0.345 e. The Morgan fingerprint density at radius 1 is 1.43 bits per heavy atom. The lowest BCUT2D eigenvalue weighted by Crippen LogP contribution is -2.25. The molecule has 0 aliphatic carbocycles. The quantitative estimate of drug-likeness (QED) is 0.839. The maximum Gasteiger partial charge on any atom is 0.417 e. The number of rotatable bonds is 3. The first-order valence-electron chi connectivity index (χ1n) is 7.22. The molecule has 1 aliphatic rings. The second-order valence-corrected chi connectivity index (χ2v) is 5.69. The van der Waals surface area contributed by atoms with Crippen molar-refractivity contribution >= 4 is 17.4 Å². The van der Waals surface area contributed by atoms with Gasteiger partial charge in [-0.15, -0.1) is 0 Å². The van der Waals surface area contributed by atoms with Crippen molar-refractivity contribution in [1.82, 2.24) is 15.1 Å². The van der Waals surface area contributed by atoms with E-state index in [1.807, 2.05) is 11.8 Å². The predicted octanol–water partition coefficient (Wildman–Crippen LogP) is 4.04. The van der Waals surface area contributed by atoms with E-state index in [-0.39, 0.29) is 11.1 Å². The van der Waals surface area contributed by atoms with E-state index in [4.69, 9.17) is 16.1 Å². The average Bonchev–Trinajstić information content (AvgIpc) is 3.14. The van der Waals surface area contributed by atoms with Crippen molar-refractivity contribution in [3.05, 3.63) is 34.6 Å². The molecule has 2 aromatic rings. The molecule has 0 unspecified atom stereocenters. The minimum atomic E-state index is -4.47. The Labute approximate surface area is 135 Å². The summed E-state index contributed by atoms with van der Waals surface area (Å²) in [5, 5.41) is 3.92. The smallest absolute Gasteiger partial charge is 0.345 e. The molecular weight excluding hydrogens is 333 g/mol. The zero-order valence-electron chi connectivity index (χ0n) is 12.3. The highest BCUT2D eigenvalue weighted by atomic mass is 35.5. The van der Waals surface area contributed by atoms with Gasteiger partial charge in [0.25, 0.3) is 0 Å². The molecule has 0 N–H and O–H groups in total. The van der Waals surface area contributed by atoms with Crippen LogP contribution in [0.4, 0.5) is 19.0 Å². The fourth-order valence-corrected chi connectivity index (χ4v) is 2.91. The van der Waals surface area contributed by atoms with E-state index < -0.39 is 11.7 Å². The fourth-order valence-electron chi connectivity index (χ4n) is 2.63. The third kappa shape index (κ3) is 3.12. The van der Waals surface area contributed by atoms with Crippen molar-refractivity contribution in [3.63, 3.8) is 0 Å². The number of anilines is 1. The summed E-state index contributed by atoms with van der Waals surface area (Å²) < 4.78 is 43.3. The number of pyridine rings is 1. The molecule has 9 heteroatoms. The van der Waals surface area contributed by atoms with E-state index in [1.54, 1.807) is 0 Å². The van der Waals surface area contributed by atoms with E-state index in [0.717, 1.165) is 25.1 Å². The van der Waals surface area contributed by atoms with Gasteiger partial charge in [0.05, 0.1) is 16.6 Å². The van der Waals surface area contributed by atoms with E-state index in [1.165, 1.54) is 0 Å². The molecule has 3 heterocycles. The van der Waals surface area contributed by atoms with Gasteiger partial charge in [-0.3, -0.25) is 0 Å². The lowest BCUT2D eigenvalue weighted by atomic mass is 10.2. The number of nitrogens with zero attached hydrogens (tertiary/aromatic N) is 4. The zero-order chi connectivity index (χ0) is 16.6. The summed E-state index contributed by atoms with van der Waals surface area (Å²) in [6.45, 7) is 2.52. The minimum absolute atomic E-state index is 0.0362. The van der Waals surface area contributed by atoms with Crippen LogP contribution in [0.25, 0.3) is 0 Å². The highest BCUT2D eigenvalue weighted by Gasteiger charge is 2.35. The summed E-state index contributed by atoms with van der Waals surface area (Å²) in [5.41, 5.74) is -0.866. The van der Waals surface area contributed by atoms with Gasteiger partial charge in [-0.2, -0.15) is 18.2 Å². The lowest BCUT2D eigenvalue weighted by Gasteiger charge is -2.24. The van der Waals surface area contributed by atoms with Crippen molar-refractivity contribution in [2.45, 2.75) is 38.4 Å². The maximum absolute atomic E-state index is 12.7. The van der Waals surface area contributed by atoms with E-state index in [0.29, 0.717) is 30.5 Å². The molecule has 1 atom stereocenters. The van der Waals surface area contributed by atoms with Crippen molar-refractivity contribution in [3.8, 4) is 0 Å². The molecule has 0 aromatic carbocycles. The van der Waals surface area contributed by atoms with E-state index >= 15 is 0 Å². The summed E-state index contributed by atoms with van der Waals surface area (Å²) in [4.78, 5) is 10.0. The van der Waals surface area contributed by atoms with Gasteiger partial charge in [0.15, 0.2) is 5.82 Å².